The first-order valence-corrected chi connectivity index (χ1v) is 9.88. The van der Waals surface area contributed by atoms with Gasteiger partial charge in [0.15, 0.2) is 0 Å². The summed E-state index contributed by atoms with van der Waals surface area (Å²) in [6.07, 6.45) is 3.54. The van der Waals surface area contributed by atoms with Crippen molar-refractivity contribution >= 4 is 15.9 Å². The van der Waals surface area contributed by atoms with Crippen LogP contribution < -0.4 is 10.0 Å². The number of rotatable bonds is 7. The molecule has 0 aliphatic rings. The molecule has 2 aromatic carbocycles. The SMILES string of the molecule is C[C@H](NS(=O)(=O)c1ccccc1)C(=O)NCc1ccc(-n2cccn2)cc1. The van der Waals surface area contributed by atoms with Gasteiger partial charge in [-0.2, -0.15) is 9.82 Å². The predicted molar refractivity (Wildman–Crippen MR) is 102 cm³/mol. The van der Waals surface area contributed by atoms with Gasteiger partial charge in [0.25, 0.3) is 0 Å². The molecule has 8 heteroatoms. The quantitative estimate of drug-likeness (QED) is 0.650. The minimum absolute atomic E-state index is 0.124. The van der Waals surface area contributed by atoms with Crippen molar-refractivity contribution in [1.82, 2.24) is 19.8 Å². The van der Waals surface area contributed by atoms with Gasteiger partial charge in [0.2, 0.25) is 15.9 Å². The summed E-state index contributed by atoms with van der Waals surface area (Å²) in [7, 11) is -3.74. The van der Waals surface area contributed by atoms with E-state index in [0.29, 0.717) is 6.54 Å². The fraction of sp³-hybridized carbons (Fsp3) is 0.158. The smallest absolute Gasteiger partial charge is 0.241 e. The summed E-state index contributed by atoms with van der Waals surface area (Å²) in [5.41, 5.74) is 1.82. The highest BCUT2D eigenvalue weighted by Crippen LogP contribution is 2.10. The molecule has 140 valence electrons. The number of benzene rings is 2. The van der Waals surface area contributed by atoms with E-state index in [0.717, 1.165) is 11.3 Å². The highest BCUT2D eigenvalue weighted by atomic mass is 32.2. The second-order valence-corrected chi connectivity index (χ2v) is 7.70. The number of nitrogens with zero attached hydrogens (tertiary/aromatic N) is 2. The summed E-state index contributed by atoms with van der Waals surface area (Å²) < 4.78 is 28.7. The summed E-state index contributed by atoms with van der Waals surface area (Å²) in [6, 6.07) is 16.5. The molecule has 0 radical (unpaired) electrons. The monoisotopic (exact) mass is 384 g/mol. The minimum Gasteiger partial charge on any atom is -0.351 e. The maximum absolute atomic E-state index is 12.3. The molecule has 1 aromatic heterocycles. The maximum Gasteiger partial charge on any atom is 0.241 e. The van der Waals surface area contributed by atoms with Gasteiger partial charge < -0.3 is 5.32 Å². The van der Waals surface area contributed by atoms with Crippen molar-refractivity contribution in [3.05, 3.63) is 78.6 Å². The Labute approximate surface area is 158 Å². The molecule has 0 fully saturated rings. The fourth-order valence-corrected chi connectivity index (χ4v) is 3.71. The van der Waals surface area contributed by atoms with E-state index < -0.39 is 22.0 Å². The molecule has 1 amide bonds. The van der Waals surface area contributed by atoms with Gasteiger partial charge in [0.1, 0.15) is 0 Å². The van der Waals surface area contributed by atoms with E-state index in [1.807, 2.05) is 36.5 Å². The molecule has 0 spiro atoms. The van der Waals surface area contributed by atoms with Crippen molar-refractivity contribution in [3.63, 3.8) is 0 Å². The highest BCUT2D eigenvalue weighted by molar-refractivity contribution is 7.89. The van der Waals surface area contributed by atoms with Crippen molar-refractivity contribution in [2.75, 3.05) is 0 Å². The molecule has 0 unspecified atom stereocenters. The Morgan fingerprint density at radius 3 is 2.41 bits per heavy atom. The van der Waals surface area contributed by atoms with Gasteiger partial charge in [-0.1, -0.05) is 30.3 Å². The molecular formula is C19H20N4O3S. The Balaban J connectivity index is 1.56. The second kappa shape index (κ2) is 8.15. The Morgan fingerprint density at radius 2 is 1.78 bits per heavy atom. The largest absolute Gasteiger partial charge is 0.351 e. The van der Waals surface area contributed by atoms with Gasteiger partial charge in [-0.25, -0.2) is 13.1 Å². The van der Waals surface area contributed by atoms with Crippen LogP contribution in [0.2, 0.25) is 0 Å². The van der Waals surface area contributed by atoms with Crippen LogP contribution in [0.25, 0.3) is 5.69 Å². The van der Waals surface area contributed by atoms with Crippen LogP contribution in [0.3, 0.4) is 0 Å². The third-order valence-corrected chi connectivity index (χ3v) is 5.51. The van der Waals surface area contributed by atoms with Gasteiger partial charge in [0, 0.05) is 18.9 Å². The van der Waals surface area contributed by atoms with Crippen LogP contribution >= 0.6 is 0 Å². The molecule has 3 aromatic rings. The van der Waals surface area contributed by atoms with Crippen LogP contribution in [-0.2, 0) is 21.4 Å². The standard InChI is InChI=1S/C19H20N4O3S/c1-15(22-27(25,26)18-6-3-2-4-7-18)19(24)20-14-16-8-10-17(11-9-16)23-13-5-12-21-23/h2-13,15,22H,14H2,1H3,(H,20,24)/t15-/m0/s1. The van der Waals surface area contributed by atoms with E-state index in [4.69, 9.17) is 0 Å². The lowest BCUT2D eigenvalue weighted by atomic mass is 10.2. The number of amides is 1. The van der Waals surface area contributed by atoms with Crippen molar-refractivity contribution < 1.29 is 13.2 Å². The molecule has 1 atom stereocenters. The van der Waals surface area contributed by atoms with Crippen LogP contribution in [0.5, 0.6) is 0 Å². The van der Waals surface area contributed by atoms with Gasteiger partial charge in [-0.3, -0.25) is 4.79 Å². The number of hydrogen-bond acceptors (Lipinski definition) is 4. The molecule has 1 heterocycles. The molecule has 27 heavy (non-hydrogen) atoms. The first kappa shape index (κ1) is 18.8. The topological polar surface area (TPSA) is 93.1 Å². The number of carbonyl (C=O) groups is 1. The number of carbonyl (C=O) groups excluding carboxylic acids is 1. The highest BCUT2D eigenvalue weighted by Gasteiger charge is 2.21. The zero-order chi connectivity index (χ0) is 19.3. The zero-order valence-electron chi connectivity index (χ0n) is 14.7. The number of hydrogen-bond donors (Lipinski definition) is 2. The van der Waals surface area contributed by atoms with Crippen molar-refractivity contribution in [2.45, 2.75) is 24.4 Å². The summed E-state index contributed by atoms with van der Waals surface area (Å²) in [4.78, 5) is 12.4. The minimum atomic E-state index is -3.74. The lowest BCUT2D eigenvalue weighted by Gasteiger charge is -2.14. The van der Waals surface area contributed by atoms with Gasteiger partial charge in [-0.15, -0.1) is 0 Å². The second-order valence-electron chi connectivity index (χ2n) is 5.99. The maximum atomic E-state index is 12.3. The van der Waals surface area contributed by atoms with Gasteiger partial charge in [-0.05, 0) is 42.8 Å². The Hall–Kier alpha value is -2.97. The number of aromatic nitrogens is 2. The molecule has 7 nitrogen and oxygen atoms in total. The summed E-state index contributed by atoms with van der Waals surface area (Å²) in [5.74, 6) is -0.398. The van der Waals surface area contributed by atoms with Crippen molar-refractivity contribution in [2.24, 2.45) is 0 Å². The third-order valence-electron chi connectivity index (χ3n) is 3.95. The molecule has 0 aliphatic heterocycles. The molecule has 0 saturated carbocycles. The first-order chi connectivity index (χ1) is 13.0. The lowest BCUT2D eigenvalue weighted by Crippen LogP contribution is -2.44. The molecule has 0 aliphatic carbocycles. The number of nitrogens with one attached hydrogen (secondary N) is 2. The summed E-state index contributed by atoms with van der Waals surface area (Å²) in [6.45, 7) is 1.81. The van der Waals surface area contributed by atoms with Crippen LogP contribution in [0, 0.1) is 0 Å². The van der Waals surface area contributed by atoms with E-state index >= 15 is 0 Å². The van der Waals surface area contributed by atoms with Crippen LogP contribution in [0.4, 0.5) is 0 Å². The molecule has 2 N–H and O–H groups in total. The molecule has 3 rings (SSSR count). The van der Waals surface area contributed by atoms with E-state index in [1.165, 1.54) is 19.1 Å². The van der Waals surface area contributed by atoms with E-state index in [1.54, 1.807) is 29.1 Å². The molecule has 0 saturated heterocycles. The van der Waals surface area contributed by atoms with Crippen LogP contribution in [0.1, 0.15) is 12.5 Å². The van der Waals surface area contributed by atoms with E-state index in [9.17, 15) is 13.2 Å². The Kier molecular flexibility index (Phi) is 5.68. The van der Waals surface area contributed by atoms with Gasteiger partial charge >= 0.3 is 0 Å². The first-order valence-electron chi connectivity index (χ1n) is 8.40. The fourth-order valence-electron chi connectivity index (χ4n) is 2.48. The normalized spacial score (nSPS) is 12.5. The van der Waals surface area contributed by atoms with E-state index in [2.05, 4.69) is 15.1 Å². The summed E-state index contributed by atoms with van der Waals surface area (Å²) >= 11 is 0. The van der Waals surface area contributed by atoms with E-state index in [-0.39, 0.29) is 4.90 Å². The molecular weight excluding hydrogens is 364 g/mol. The third kappa shape index (κ3) is 4.81. The molecule has 0 bridgehead atoms. The number of sulfonamides is 1. The van der Waals surface area contributed by atoms with Crippen LogP contribution in [0.15, 0.2) is 78.0 Å². The average molecular weight is 384 g/mol. The van der Waals surface area contributed by atoms with Crippen molar-refractivity contribution in [3.8, 4) is 5.69 Å². The van der Waals surface area contributed by atoms with Gasteiger partial charge in [0.05, 0.1) is 16.6 Å². The summed E-state index contributed by atoms with van der Waals surface area (Å²) in [5, 5.41) is 6.89. The predicted octanol–water partition coefficient (Wildman–Crippen LogP) is 1.86. The Bertz CT molecular complexity index is 985. The van der Waals surface area contributed by atoms with Crippen molar-refractivity contribution in [1.29, 1.82) is 0 Å². The van der Waals surface area contributed by atoms with Crippen LogP contribution in [-0.4, -0.2) is 30.1 Å². The average Bonchev–Trinajstić information content (AvgIpc) is 3.21. The zero-order valence-corrected chi connectivity index (χ0v) is 15.6. The lowest BCUT2D eigenvalue weighted by molar-refractivity contribution is -0.122. The Morgan fingerprint density at radius 1 is 1.07 bits per heavy atom.